The Bertz CT molecular complexity index is 2350. The number of nitrogens with zero attached hydrogens (tertiary/aromatic N) is 1. The molecular weight excluding hydrogens is 551 g/mol. The van der Waals surface area contributed by atoms with Crippen LogP contribution in [-0.4, -0.2) is 8.80 Å². The largest absolute Gasteiger partial charge is 0.455 e. The minimum Gasteiger partial charge on any atom is -0.455 e. The Morgan fingerprint density at radius 2 is 1.20 bits per heavy atom. The van der Waals surface area contributed by atoms with Crippen molar-refractivity contribution in [1.29, 1.82) is 0 Å². The highest BCUT2D eigenvalue weighted by Crippen LogP contribution is 2.40. The van der Waals surface area contributed by atoms with Crippen LogP contribution in [0.15, 0.2) is 156 Å². The first-order valence-corrected chi connectivity index (χ1v) is 17.6. The molecule has 0 spiro atoms. The van der Waals surface area contributed by atoms with Gasteiger partial charge in [0.25, 0.3) is 0 Å². The summed E-state index contributed by atoms with van der Waals surface area (Å²) in [5, 5.41) is 7.86. The van der Waals surface area contributed by atoms with E-state index in [9.17, 15) is 0 Å². The molecule has 2 heterocycles. The lowest BCUT2D eigenvalue weighted by atomic mass is 10.0. The SMILES string of the molecule is C[SiH]1c2cc(N(c3ccccc3)c3ccc(-c4ccc5ccccc5c4)cc3)ccc2-c2c1ccc1c2oc2ccccc21. The minimum atomic E-state index is -1.41. The van der Waals surface area contributed by atoms with Gasteiger partial charge in [-0.3, -0.25) is 0 Å². The van der Waals surface area contributed by atoms with Gasteiger partial charge in [0.1, 0.15) is 20.0 Å². The zero-order valence-electron chi connectivity index (χ0n) is 24.4. The third-order valence-electron chi connectivity index (χ3n) is 9.30. The highest BCUT2D eigenvalue weighted by atomic mass is 28.3. The summed E-state index contributed by atoms with van der Waals surface area (Å²) in [7, 11) is -1.41. The third-order valence-corrected chi connectivity index (χ3v) is 12.1. The molecule has 2 nitrogen and oxygen atoms in total. The van der Waals surface area contributed by atoms with Gasteiger partial charge < -0.3 is 9.32 Å². The number of hydrogen-bond donors (Lipinski definition) is 0. The molecule has 9 rings (SSSR count). The fourth-order valence-corrected chi connectivity index (χ4v) is 9.65. The zero-order chi connectivity index (χ0) is 29.2. The van der Waals surface area contributed by atoms with E-state index in [1.54, 1.807) is 0 Å². The standard InChI is InChI=1S/C41H29NOSi/c1-44-38-24-23-35-34-13-7-8-14-37(34)43-41(35)40(38)36-22-21-33(26-39(36)44)42(31-11-3-2-4-12-31)32-19-17-28(18-20-32)30-16-15-27-9-5-6-10-29(27)25-30/h2-26,44H,1H3. The molecule has 0 amide bonds. The molecule has 3 heteroatoms. The first-order chi connectivity index (χ1) is 21.7. The van der Waals surface area contributed by atoms with Gasteiger partial charge in [-0.25, -0.2) is 0 Å². The number of para-hydroxylation sites is 2. The predicted molar refractivity (Wildman–Crippen MR) is 189 cm³/mol. The fourth-order valence-electron chi connectivity index (χ4n) is 7.08. The molecule has 1 aliphatic heterocycles. The highest BCUT2D eigenvalue weighted by molar-refractivity contribution is 6.89. The normalized spacial score (nSPS) is 13.8. The van der Waals surface area contributed by atoms with Gasteiger partial charge in [0, 0.05) is 33.4 Å². The van der Waals surface area contributed by atoms with Crippen molar-refractivity contribution in [2.75, 3.05) is 4.90 Å². The second kappa shape index (κ2) is 9.83. The van der Waals surface area contributed by atoms with Crippen molar-refractivity contribution < 1.29 is 4.42 Å². The summed E-state index contributed by atoms with van der Waals surface area (Å²) >= 11 is 0. The van der Waals surface area contributed by atoms with Crippen LogP contribution >= 0.6 is 0 Å². The molecule has 208 valence electrons. The van der Waals surface area contributed by atoms with Gasteiger partial charge in [0.15, 0.2) is 0 Å². The van der Waals surface area contributed by atoms with E-state index < -0.39 is 8.80 Å². The molecule has 0 aliphatic carbocycles. The number of hydrogen-bond acceptors (Lipinski definition) is 2. The molecule has 1 aliphatic rings. The van der Waals surface area contributed by atoms with E-state index in [-0.39, 0.29) is 0 Å². The second-order valence-corrected chi connectivity index (χ2v) is 14.5. The number of furan rings is 1. The summed E-state index contributed by atoms with van der Waals surface area (Å²) in [5.74, 6) is 0. The van der Waals surface area contributed by atoms with Crippen molar-refractivity contribution in [1.82, 2.24) is 0 Å². The van der Waals surface area contributed by atoms with Gasteiger partial charge in [0.2, 0.25) is 0 Å². The fraction of sp³-hybridized carbons (Fsp3) is 0.0244. The Kier molecular flexibility index (Phi) is 5.62. The maximum Gasteiger partial charge on any atom is 0.143 e. The lowest BCUT2D eigenvalue weighted by molar-refractivity contribution is 0.670. The van der Waals surface area contributed by atoms with E-state index in [1.807, 2.05) is 0 Å². The third kappa shape index (κ3) is 3.87. The molecule has 44 heavy (non-hydrogen) atoms. The molecule has 1 aromatic heterocycles. The number of benzene rings is 7. The van der Waals surface area contributed by atoms with Crippen molar-refractivity contribution in [3.63, 3.8) is 0 Å². The quantitative estimate of drug-likeness (QED) is 0.193. The van der Waals surface area contributed by atoms with Crippen LogP contribution in [0.1, 0.15) is 0 Å². The van der Waals surface area contributed by atoms with Crippen LogP contribution in [-0.2, 0) is 0 Å². The molecule has 0 fully saturated rings. The number of fused-ring (bicyclic) bond motifs is 8. The second-order valence-electron chi connectivity index (χ2n) is 11.8. The maximum absolute atomic E-state index is 6.50. The predicted octanol–water partition coefficient (Wildman–Crippen LogP) is 9.83. The Balaban J connectivity index is 1.15. The van der Waals surface area contributed by atoms with E-state index in [2.05, 4.69) is 163 Å². The molecule has 1 atom stereocenters. The van der Waals surface area contributed by atoms with Gasteiger partial charge in [-0.15, -0.1) is 0 Å². The van der Waals surface area contributed by atoms with E-state index in [1.165, 1.54) is 59.9 Å². The topological polar surface area (TPSA) is 16.4 Å². The molecule has 7 aromatic carbocycles. The van der Waals surface area contributed by atoms with E-state index in [0.29, 0.717) is 0 Å². The van der Waals surface area contributed by atoms with Crippen LogP contribution in [0.4, 0.5) is 17.1 Å². The van der Waals surface area contributed by atoms with Gasteiger partial charge in [-0.2, -0.15) is 0 Å². The highest BCUT2D eigenvalue weighted by Gasteiger charge is 2.31. The van der Waals surface area contributed by atoms with E-state index in [4.69, 9.17) is 4.42 Å². The monoisotopic (exact) mass is 579 g/mol. The van der Waals surface area contributed by atoms with Gasteiger partial charge >= 0.3 is 0 Å². The summed E-state index contributed by atoms with van der Waals surface area (Å²) in [6, 6.07) is 55.0. The molecule has 0 N–H and O–H groups in total. The van der Waals surface area contributed by atoms with Crippen molar-refractivity contribution in [3.05, 3.63) is 152 Å². The summed E-state index contributed by atoms with van der Waals surface area (Å²) < 4.78 is 6.50. The van der Waals surface area contributed by atoms with Gasteiger partial charge in [0.05, 0.1) is 0 Å². The minimum absolute atomic E-state index is 0.956. The van der Waals surface area contributed by atoms with E-state index >= 15 is 0 Å². The number of anilines is 3. The van der Waals surface area contributed by atoms with Crippen LogP contribution in [0.5, 0.6) is 0 Å². The lowest BCUT2D eigenvalue weighted by Crippen LogP contribution is -2.34. The Hall–Kier alpha value is -5.38. The van der Waals surface area contributed by atoms with Crippen LogP contribution in [0, 0.1) is 0 Å². The van der Waals surface area contributed by atoms with Crippen molar-refractivity contribution in [2.45, 2.75) is 6.55 Å². The lowest BCUT2D eigenvalue weighted by Gasteiger charge is -2.26. The zero-order valence-corrected chi connectivity index (χ0v) is 25.5. The number of rotatable bonds is 4. The molecule has 0 radical (unpaired) electrons. The first-order valence-electron chi connectivity index (χ1n) is 15.3. The molecule has 8 aromatic rings. The average Bonchev–Trinajstić information content (AvgIpc) is 3.60. The van der Waals surface area contributed by atoms with Crippen molar-refractivity contribution >= 4 is 68.9 Å². The van der Waals surface area contributed by atoms with Crippen molar-refractivity contribution in [2.24, 2.45) is 0 Å². The summed E-state index contributed by atoms with van der Waals surface area (Å²) in [6.45, 7) is 2.45. The van der Waals surface area contributed by atoms with Crippen LogP contribution in [0.3, 0.4) is 0 Å². The molecule has 0 bridgehead atoms. The molecule has 0 saturated carbocycles. The van der Waals surface area contributed by atoms with Crippen LogP contribution in [0.25, 0.3) is 55.0 Å². The van der Waals surface area contributed by atoms with E-state index in [0.717, 1.165) is 22.5 Å². The van der Waals surface area contributed by atoms with Gasteiger partial charge in [-0.05, 0) is 86.4 Å². The Labute approximate surface area is 258 Å². The van der Waals surface area contributed by atoms with Crippen LogP contribution < -0.4 is 15.3 Å². The summed E-state index contributed by atoms with van der Waals surface area (Å²) in [6.07, 6.45) is 0. The molecule has 1 unspecified atom stereocenters. The first kappa shape index (κ1) is 25.1. The summed E-state index contributed by atoms with van der Waals surface area (Å²) in [4.78, 5) is 2.38. The smallest absolute Gasteiger partial charge is 0.143 e. The molecule has 0 saturated heterocycles. The summed E-state index contributed by atoms with van der Waals surface area (Å²) in [5.41, 5.74) is 10.5. The average molecular weight is 580 g/mol. The maximum atomic E-state index is 6.50. The molecular formula is C41H29NOSi. The Morgan fingerprint density at radius 3 is 2.07 bits per heavy atom. The van der Waals surface area contributed by atoms with Gasteiger partial charge in [-0.1, -0.05) is 110 Å². The van der Waals surface area contributed by atoms with Crippen LogP contribution in [0.2, 0.25) is 6.55 Å². The Morgan fingerprint density at radius 1 is 0.500 bits per heavy atom. The van der Waals surface area contributed by atoms with Crippen molar-refractivity contribution in [3.8, 4) is 22.3 Å².